The van der Waals surface area contributed by atoms with E-state index in [1.165, 1.54) is 0 Å². The van der Waals surface area contributed by atoms with Gasteiger partial charge < -0.3 is 15.4 Å². The Bertz CT molecular complexity index is 889. The molecule has 0 unspecified atom stereocenters. The van der Waals surface area contributed by atoms with Crippen molar-refractivity contribution in [2.24, 2.45) is 0 Å². The van der Waals surface area contributed by atoms with Crippen molar-refractivity contribution in [3.05, 3.63) is 65.2 Å². The highest BCUT2D eigenvalue weighted by Gasteiger charge is 2.36. The molecule has 1 aliphatic rings. The van der Waals surface area contributed by atoms with Gasteiger partial charge >= 0.3 is 0 Å². The van der Waals surface area contributed by atoms with Crippen LogP contribution in [0.25, 0.3) is 0 Å². The first-order valence-electron chi connectivity index (χ1n) is 8.65. The molecule has 0 saturated heterocycles. The molecule has 0 aromatic heterocycles. The Morgan fingerprint density at radius 2 is 1.46 bits per heavy atom. The Hall–Kier alpha value is -3.68. The molecule has 0 spiro atoms. The molecule has 28 heavy (non-hydrogen) atoms. The summed E-state index contributed by atoms with van der Waals surface area (Å²) in [6.07, 6.45) is 0. The zero-order valence-corrected chi connectivity index (χ0v) is 15.2. The van der Waals surface area contributed by atoms with Crippen molar-refractivity contribution in [3.63, 3.8) is 0 Å². The van der Waals surface area contributed by atoms with E-state index in [0.717, 1.165) is 4.90 Å². The second-order valence-electron chi connectivity index (χ2n) is 6.08. The average Bonchev–Trinajstić information content (AvgIpc) is 2.96. The fraction of sp³-hybridized carbons (Fsp3) is 0.200. The molecular weight excluding hydrogens is 362 g/mol. The van der Waals surface area contributed by atoms with Gasteiger partial charge in [-0.15, -0.1) is 0 Å². The predicted octanol–water partition coefficient (Wildman–Crippen LogP) is 0.837. The molecule has 2 N–H and O–H groups in total. The topological polar surface area (TPSA) is 105 Å². The van der Waals surface area contributed by atoms with Crippen LogP contribution in [0.5, 0.6) is 5.75 Å². The number of ether oxygens (including phenoxy) is 1. The largest absolute Gasteiger partial charge is 0.497 e. The summed E-state index contributed by atoms with van der Waals surface area (Å²) in [6.45, 7) is 0.0153. The maximum absolute atomic E-state index is 12.2. The van der Waals surface area contributed by atoms with Crippen LogP contribution in [0.3, 0.4) is 0 Å². The molecular formula is C20H19N3O5. The van der Waals surface area contributed by atoms with E-state index < -0.39 is 17.7 Å². The van der Waals surface area contributed by atoms with Gasteiger partial charge in [0, 0.05) is 18.7 Å². The lowest BCUT2D eigenvalue weighted by molar-refractivity contribution is -0.121. The molecule has 2 aromatic rings. The fourth-order valence-corrected chi connectivity index (χ4v) is 2.80. The summed E-state index contributed by atoms with van der Waals surface area (Å²) in [5.74, 6) is -1.07. The highest BCUT2D eigenvalue weighted by atomic mass is 16.5. The monoisotopic (exact) mass is 381 g/mol. The van der Waals surface area contributed by atoms with Crippen LogP contribution in [0.1, 0.15) is 31.1 Å². The van der Waals surface area contributed by atoms with E-state index in [4.69, 9.17) is 4.74 Å². The van der Waals surface area contributed by atoms with Crippen molar-refractivity contribution in [2.45, 2.75) is 0 Å². The van der Waals surface area contributed by atoms with Crippen LogP contribution in [0.2, 0.25) is 0 Å². The molecule has 1 aliphatic heterocycles. The molecule has 0 aliphatic carbocycles. The summed E-state index contributed by atoms with van der Waals surface area (Å²) in [5.41, 5.74) is 1.07. The number of hydrogen-bond donors (Lipinski definition) is 2. The minimum atomic E-state index is -0.483. The van der Waals surface area contributed by atoms with Gasteiger partial charge in [-0.3, -0.25) is 24.1 Å². The predicted molar refractivity (Wildman–Crippen MR) is 100 cm³/mol. The third-order valence-electron chi connectivity index (χ3n) is 4.26. The van der Waals surface area contributed by atoms with Crippen molar-refractivity contribution >= 4 is 23.6 Å². The maximum atomic E-state index is 12.2. The quantitative estimate of drug-likeness (QED) is 0.546. The van der Waals surface area contributed by atoms with E-state index in [0.29, 0.717) is 22.4 Å². The zero-order valence-electron chi connectivity index (χ0n) is 15.2. The Kier molecular flexibility index (Phi) is 5.69. The van der Waals surface area contributed by atoms with Gasteiger partial charge in [-0.05, 0) is 36.4 Å². The minimum absolute atomic E-state index is 0.171. The molecule has 2 aromatic carbocycles. The Morgan fingerprint density at radius 3 is 2.04 bits per heavy atom. The van der Waals surface area contributed by atoms with Gasteiger partial charge in [0.15, 0.2) is 0 Å². The van der Waals surface area contributed by atoms with Gasteiger partial charge in [-0.25, -0.2) is 0 Å². The van der Waals surface area contributed by atoms with Crippen LogP contribution < -0.4 is 15.4 Å². The number of methoxy groups -OCH3 is 1. The van der Waals surface area contributed by atoms with E-state index >= 15 is 0 Å². The zero-order chi connectivity index (χ0) is 20.1. The van der Waals surface area contributed by atoms with Gasteiger partial charge in [0.05, 0.1) is 18.2 Å². The minimum Gasteiger partial charge on any atom is -0.497 e. The van der Waals surface area contributed by atoms with Crippen molar-refractivity contribution in [1.29, 1.82) is 0 Å². The first-order chi connectivity index (χ1) is 13.5. The average molecular weight is 381 g/mol. The van der Waals surface area contributed by atoms with Crippen LogP contribution in [-0.2, 0) is 4.79 Å². The van der Waals surface area contributed by atoms with Crippen LogP contribution in [0.15, 0.2) is 48.5 Å². The highest BCUT2D eigenvalue weighted by molar-refractivity contribution is 6.22. The smallest absolute Gasteiger partial charge is 0.262 e. The van der Waals surface area contributed by atoms with Crippen molar-refractivity contribution in [3.8, 4) is 5.75 Å². The first kappa shape index (κ1) is 19.1. The van der Waals surface area contributed by atoms with Gasteiger partial charge in [-0.1, -0.05) is 12.1 Å². The third kappa shape index (κ3) is 4.01. The van der Waals surface area contributed by atoms with Crippen LogP contribution >= 0.6 is 0 Å². The molecule has 0 radical (unpaired) electrons. The number of fused-ring (bicyclic) bond motifs is 1. The molecule has 1 heterocycles. The lowest BCUT2D eigenvalue weighted by Gasteiger charge is -2.13. The molecule has 3 rings (SSSR count). The summed E-state index contributed by atoms with van der Waals surface area (Å²) in [7, 11) is 1.54. The summed E-state index contributed by atoms with van der Waals surface area (Å²) < 4.78 is 5.03. The Balaban J connectivity index is 1.43. The second-order valence-corrected chi connectivity index (χ2v) is 6.08. The van der Waals surface area contributed by atoms with Crippen molar-refractivity contribution in [2.75, 3.05) is 26.7 Å². The number of imide groups is 1. The first-order valence-corrected chi connectivity index (χ1v) is 8.65. The second kappa shape index (κ2) is 8.34. The summed E-state index contributed by atoms with van der Waals surface area (Å²) in [6, 6.07) is 13.1. The number of benzene rings is 2. The highest BCUT2D eigenvalue weighted by Crippen LogP contribution is 2.21. The van der Waals surface area contributed by atoms with Crippen LogP contribution in [0.4, 0.5) is 0 Å². The Labute approximate surface area is 161 Å². The van der Waals surface area contributed by atoms with Gasteiger partial charge in [-0.2, -0.15) is 0 Å². The van der Waals surface area contributed by atoms with E-state index in [2.05, 4.69) is 10.6 Å². The van der Waals surface area contributed by atoms with Crippen molar-refractivity contribution < 1.29 is 23.9 Å². The number of amides is 4. The number of carbonyl (C=O) groups is 4. The standard InChI is InChI=1S/C20H19N3O5/c1-28-14-8-6-13(7-9-14)18(25)22-11-10-21-17(24)12-23-19(26)15-4-2-3-5-16(15)20(23)27/h2-9H,10-12H2,1H3,(H,21,24)(H,22,25). The normalized spacial score (nSPS) is 12.5. The fourth-order valence-electron chi connectivity index (χ4n) is 2.80. The third-order valence-corrected chi connectivity index (χ3v) is 4.26. The van der Waals surface area contributed by atoms with E-state index in [9.17, 15) is 19.2 Å². The maximum Gasteiger partial charge on any atom is 0.262 e. The van der Waals surface area contributed by atoms with Crippen molar-refractivity contribution in [1.82, 2.24) is 15.5 Å². The van der Waals surface area contributed by atoms with E-state index in [1.54, 1.807) is 55.6 Å². The van der Waals surface area contributed by atoms with Gasteiger partial charge in [0.25, 0.3) is 17.7 Å². The number of hydrogen-bond acceptors (Lipinski definition) is 5. The van der Waals surface area contributed by atoms with Crippen LogP contribution in [-0.4, -0.2) is 55.3 Å². The lowest BCUT2D eigenvalue weighted by Crippen LogP contribution is -2.42. The van der Waals surface area contributed by atoms with E-state index in [-0.39, 0.29) is 25.5 Å². The Morgan fingerprint density at radius 1 is 0.893 bits per heavy atom. The summed E-state index contributed by atoms with van der Waals surface area (Å²) in [5, 5.41) is 5.26. The molecule has 0 fully saturated rings. The molecule has 4 amide bonds. The van der Waals surface area contributed by atoms with Gasteiger partial charge in [0.1, 0.15) is 12.3 Å². The molecule has 0 atom stereocenters. The summed E-state index contributed by atoms with van der Waals surface area (Å²) >= 11 is 0. The van der Waals surface area contributed by atoms with E-state index in [1.807, 2.05) is 0 Å². The number of nitrogens with zero attached hydrogens (tertiary/aromatic N) is 1. The number of nitrogens with one attached hydrogen (secondary N) is 2. The molecule has 0 saturated carbocycles. The SMILES string of the molecule is COc1ccc(C(=O)NCCNC(=O)CN2C(=O)c3ccccc3C2=O)cc1. The van der Waals surface area contributed by atoms with Crippen LogP contribution in [0, 0.1) is 0 Å². The lowest BCUT2D eigenvalue weighted by atomic mass is 10.1. The molecule has 144 valence electrons. The molecule has 8 heteroatoms. The number of rotatable bonds is 7. The molecule has 8 nitrogen and oxygen atoms in total. The number of carbonyl (C=O) groups excluding carboxylic acids is 4. The molecule has 0 bridgehead atoms. The summed E-state index contributed by atoms with van der Waals surface area (Å²) in [4.78, 5) is 49.4. The van der Waals surface area contributed by atoms with Gasteiger partial charge in [0.2, 0.25) is 5.91 Å².